The molecule has 2 aromatic carbocycles. The monoisotopic (exact) mass is 466 g/mol. The molecule has 0 saturated heterocycles. The van der Waals surface area contributed by atoms with Crippen molar-refractivity contribution in [2.75, 3.05) is 11.4 Å². The molecule has 2 heterocycles. The molecular formula is C25H23ClN2O3S. The molecule has 164 valence electrons. The summed E-state index contributed by atoms with van der Waals surface area (Å²) in [6.07, 6.45) is 5.17. The first-order valence-electron chi connectivity index (χ1n) is 10.5. The van der Waals surface area contributed by atoms with Crippen LogP contribution in [-0.2, 0) is 9.59 Å². The first-order chi connectivity index (χ1) is 15.5. The van der Waals surface area contributed by atoms with E-state index in [1.54, 1.807) is 11.0 Å². The van der Waals surface area contributed by atoms with Crippen LogP contribution in [0.4, 0.5) is 5.13 Å². The molecule has 1 N–H and O–H groups in total. The molecule has 4 rings (SSSR count). The van der Waals surface area contributed by atoms with E-state index in [1.807, 2.05) is 53.9 Å². The number of halogens is 1. The number of thiazole rings is 1. The maximum Gasteiger partial charge on any atom is 0.304 e. The number of allylic oxidation sites excluding steroid dienone is 1. The van der Waals surface area contributed by atoms with Crippen LogP contribution in [0.15, 0.2) is 72.1 Å². The zero-order valence-corrected chi connectivity index (χ0v) is 18.9. The Kier molecular flexibility index (Phi) is 7.02. The molecular weight excluding hydrogens is 444 g/mol. The van der Waals surface area contributed by atoms with Gasteiger partial charge in [0.05, 0.1) is 18.0 Å². The summed E-state index contributed by atoms with van der Waals surface area (Å²) in [5.74, 6) is -2.10. The van der Waals surface area contributed by atoms with Gasteiger partial charge in [-0.25, -0.2) is 4.98 Å². The van der Waals surface area contributed by atoms with Crippen molar-refractivity contribution in [2.24, 2.45) is 5.92 Å². The number of carbonyl (C=O) groups excluding carboxylic acids is 1. The molecule has 32 heavy (non-hydrogen) atoms. The van der Waals surface area contributed by atoms with Gasteiger partial charge >= 0.3 is 5.97 Å². The summed E-state index contributed by atoms with van der Waals surface area (Å²) < 4.78 is 0. The van der Waals surface area contributed by atoms with Crippen molar-refractivity contribution >= 4 is 39.9 Å². The third kappa shape index (κ3) is 4.92. The predicted molar refractivity (Wildman–Crippen MR) is 128 cm³/mol. The Balaban J connectivity index is 1.71. The van der Waals surface area contributed by atoms with Gasteiger partial charge in [-0.3, -0.25) is 14.5 Å². The summed E-state index contributed by atoms with van der Waals surface area (Å²) in [6.45, 7) is 0.447. The number of nitrogens with zero attached hydrogens (tertiary/aromatic N) is 2. The second kappa shape index (κ2) is 10.1. The largest absolute Gasteiger partial charge is 0.481 e. The van der Waals surface area contributed by atoms with E-state index in [-0.39, 0.29) is 18.2 Å². The van der Waals surface area contributed by atoms with Gasteiger partial charge in [-0.1, -0.05) is 72.3 Å². The van der Waals surface area contributed by atoms with Crippen molar-refractivity contribution in [3.05, 3.63) is 82.7 Å². The molecule has 2 atom stereocenters. The maximum absolute atomic E-state index is 13.8. The molecule has 0 spiro atoms. The van der Waals surface area contributed by atoms with Gasteiger partial charge in [-0.2, -0.15) is 0 Å². The normalized spacial score (nSPS) is 19.3. The number of carboxylic acid groups (broad SMARTS) is 1. The van der Waals surface area contributed by atoms with Crippen molar-refractivity contribution < 1.29 is 14.7 Å². The van der Waals surface area contributed by atoms with Gasteiger partial charge in [-0.05, 0) is 30.4 Å². The van der Waals surface area contributed by atoms with Crippen LogP contribution in [-0.4, -0.2) is 28.5 Å². The maximum atomic E-state index is 13.8. The van der Waals surface area contributed by atoms with Crippen LogP contribution in [0.2, 0.25) is 5.02 Å². The first-order valence-corrected chi connectivity index (χ1v) is 11.7. The molecule has 7 heteroatoms. The van der Waals surface area contributed by atoms with Crippen molar-refractivity contribution in [3.63, 3.8) is 0 Å². The Morgan fingerprint density at radius 2 is 1.88 bits per heavy atom. The summed E-state index contributed by atoms with van der Waals surface area (Å²) in [7, 11) is 0. The standard InChI is InChI=1S/C25H23ClN2O3S/c26-21-13-7-6-12-19(21)22-16-32-25(27-22)28-14-8-2-5-11-18(17-9-3-1-4-10-17)20(24(28)31)15-23(29)30/h1-7,9-10,12-13,16,18,20H,8,11,14-15H2,(H,29,30)/t18-,20+/m1/s1. The molecule has 0 bridgehead atoms. The fourth-order valence-electron chi connectivity index (χ4n) is 4.07. The number of amides is 1. The number of aromatic nitrogens is 1. The van der Waals surface area contributed by atoms with Crippen molar-refractivity contribution in [1.29, 1.82) is 0 Å². The highest BCUT2D eigenvalue weighted by Crippen LogP contribution is 2.37. The van der Waals surface area contributed by atoms with Crippen LogP contribution in [0.5, 0.6) is 0 Å². The van der Waals surface area contributed by atoms with Crippen LogP contribution >= 0.6 is 22.9 Å². The number of carbonyl (C=O) groups is 2. The number of carboxylic acids is 1. The lowest BCUT2D eigenvalue weighted by atomic mass is 9.81. The Hall–Kier alpha value is -2.96. The van der Waals surface area contributed by atoms with Crippen molar-refractivity contribution in [3.8, 4) is 11.3 Å². The highest BCUT2D eigenvalue weighted by atomic mass is 35.5. The van der Waals surface area contributed by atoms with Crippen LogP contribution in [0.1, 0.15) is 30.7 Å². The fraction of sp³-hybridized carbons (Fsp3) is 0.240. The first kappa shape index (κ1) is 22.2. The molecule has 5 nitrogen and oxygen atoms in total. The molecule has 3 aromatic rings. The number of aliphatic carboxylic acids is 1. The zero-order chi connectivity index (χ0) is 22.5. The zero-order valence-electron chi connectivity index (χ0n) is 17.4. The molecule has 1 aliphatic rings. The summed E-state index contributed by atoms with van der Waals surface area (Å²) in [4.78, 5) is 31.8. The van der Waals surface area contributed by atoms with Crippen LogP contribution in [0.25, 0.3) is 11.3 Å². The van der Waals surface area contributed by atoms with E-state index in [0.717, 1.165) is 11.1 Å². The van der Waals surface area contributed by atoms with Crippen LogP contribution < -0.4 is 4.90 Å². The second-order valence-electron chi connectivity index (χ2n) is 7.70. The van der Waals surface area contributed by atoms with Gasteiger partial charge in [0.1, 0.15) is 0 Å². The fourth-order valence-corrected chi connectivity index (χ4v) is 5.16. The van der Waals surface area contributed by atoms with E-state index < -0.39 is 11.9 Å². The quantitative estimate of drug-likeness (QED) is 0.466. The molecule has 0 unspecified atom stereocenters. The Morgan fingerprint density at radius 3 is 2.62 bits per heavy atom. The van der Waals surface area contributed by atoms with E-state index in [2.05, 4.69) is 12.2 Å². The van der Waals surface area contributed by atoms with Gasteiger partial charge in [0, 0.05) is 22.5 Å². The molecule has 1 amide bonds. The van der Waals surface area contributed by atoms with Crippen molar-refractivity contribution in [1.82, 2.24) is 4.98 Å². The molecule has 0 radical (unpaired) electrons. The Labute approximate surface area is 196 Å². The molecule has 0 aliphatic carbocycles. The second-order valence-corrected chi connectivity index (χ2v) is 8.95. The van der Waals surface area contributed by atoms with E-state index in [9.17, 15) is 14.7 Å². The van der Waals surface area contributed by atoms with Gasteiger partial charge < -0.3 is 5.11 Å². The smallest absolute Gasteiger partial charge is 0.304 e. The molecule has 0 fully saturated rings. The topological polar surface area (TPSA) is 70.5 Å². The molecule has 1 aliphatic heterocycles. The summed E-state index contributed by atoms with van der Waals surface area (Å²) in [6, 6.07) is 17.1. The van der Waals surface area contributed by atoms with E-state index in [4.69, 9.17) is 16.6 Å². The van der Waals surface area contributed by atoms with Gasteiger partial charge in [0.2, 0.25) is 5.91 Å². The Morgan fingerprint density at radius 1 is 1.12 bits per heavy atom. The van der Waals surface area contributed by atoms with Gasteiger partial charge in [0.15, 0.2) is 5.13 Å². The lowest BCUT2D eigenvalue weighted by molar-refractivity contribution is -0.141. The number of hydrogen-bond donors (Lipinski definition) is 1. The number of anilines is 1. The minimum atomic E-state index is -0.983. The highest BCUT2D eigenvalue weighted by Gasteiger charge is 2.36. The Bertz CT molecular complexity index is 1130. The number of rotatable bonds is 5. The lowest BCUT2D eigenvalue weighted by Gasteiger charge is -2.29. The van der Waals surface area contributed by atoms with Crippen LogP contribution in [0.3, 0.4) is 0 Å². The van der Waals surface area contributed by atoms with E-state index in [1.165, 1.54) is 11.3 Å². The minimum absolute atomic E-state index is 0.204. The summed E-state index contributed by atoms with van der Waals surface area (Å²) in [5.41, 5.74) is 2.47. The van der Waals surface area contributed by atoms with E-state index in [0.29, 0.717) is 35.2 Å². The van der Waals surface area contributed by atoms with Crippen LogP contribution in [0, 0.1) is 5.92 Å². The van der Waals surface area contributed by atoms with Gasteiger partial charge in [-0.15, -0.1) is 11.3 Å². The highest BCUT2D eigenvalue weighted by molar-refractivity contribution is 7.14. The SMILES string of the molecule is O=C(O)C[C@@H]1C(=O)N(c2nc(-c3ccccc3Cl)cs2)CCC=CC[C@@H]1c1ccccc1. The average Bonchev–Trinajstić information content (AvgIpc) is 3.29. The summed E-state index contributed by atoms with van der Waals surface area (Å²) >= 11 is 7.70. The van der Waals surface area contributed by atoms with E-state index >= 15 is 0 Å². The lowest BCUT2D eigenvalue weighted by Crippen LogP contribution is -2.40. The third-order valence-electron chi connectivity index (χ3n) is 5.64. The molecule has 0 saturated carbocycles. The van der Waals surface area contributed by atoms with Crippen molar-refractivity contribution in [2.45, 2.75) is 25.2 Å². The van der Waals surface area contributed by atoms with Gasteiger partial charge in [0.25, 0.3) is 0 Å². The number of hydrogen-bond acceptors (Lipinski definition) is 4. The predicted octanol–water partition coefficient (Wildman–Crippen LogP) is 6.02. The average molecular weight is 467 g/mol. The third-order valence-corrected chi connectivity index (χ3v) is 6.83. The molecule has 1 aromatic heterocycles. The summed E-state index contributed by atoms with van der Waals surface area (Å²) in [5, 5.41) is 12.6. The number of benzene rings is 2. The minimum Gasteiger partial charge on any atom is -0.481 e.